The van der Waals surface area contributed by atoms with E-state index in [1.807, 2.05) is 18.2 Å². The Kier molecular flexibility index (Phi) is 8.24. The molecule has 1 nitrogen and oxygen atoms in total. The van der Waals surface area contributed by atoms with E-state index in [2.05, 4.69) is 25.1 Å². The molecule has 0 bridgehead atoms. The van der Waals surface area contributed by atoms with Crippen molar-refractivity contribution in [2.24, 2.45) is 0 Å². The Morgan fingerprint density at radius 2 is 1.72 bits per heavy atom. The number of allylic oxidation sites excluding steroid dienone is 1. The Hall–Kier alpha value is -1.08. The van der Waals surface area contributed by atoms with Crippen LogP contribution >= 0.6 is 0 Å². The van der Waals surface area contributed by atoms with Crippen LogP contribution < -0.4 is 0 Å². The molecule has 1 heteroatoms. The van der Waals surface area contributed by atoms with Crippen LogP contribution in [0.2, 0.25) is 0 Å². The van der Waals surface area contributed by atoms with Crippen molar-refractivity contribution < 1.29 is 5.11 Å². The highest BCUT2D eigenvalue weighted by Gasteiger charge is 1.95. The van der Waals surface area contributed by atoms with E-state index in [1.165, 1.54) is 38.5 Å². The molecule has 18 heavy (non-hydrogen) atoms. The monoisotopic (exact) mass is 246 g/mol. The van der Waals surface area contributed by atoms with Crippen LogP contribution in [0.4, 0.5) is 0 Å². The minimum Gasteiger partial charge on any atom is -0.392 e. The van der Waals surface area contributed by atoms with Crippen LogP contribution in [0.15, 0.2) is 30.3 Å². The van der Waals surface area contributed by atoms with Gasteiger partial charge in [-0.2, -0.15) is 0 Å². The third-order valence-corrected chi connectivity index (χ3v) is 3.25. The number of aliphatic hydroxyl groups is 1. The Morgan fingerprint density at radius 1 is 1.00 bits per heavy atom. The van der Waals surface area contributed by atoms with Crippen molar-refractivity contribution in [1.82, 2.24) is 0 Å². The SMILES string of the molecule is CCCCCCCCC=Cc1ccccc1CO. The van der Waals surface area contributed by atoms with Crippen molar-refractivity contribution in [2.45, 2.75) is 58.5 Å². The van der Waals surface area contributed by atoms with Crippen molar-refractivity contribution in [2.75, 3.05) is 0 Å². The molecule has 0 atom stereocenters. The van der Waals surface area contributed by atoms with Gasteiger partial charge in [-0.1, -0.05) is 75.4 Å². The third kappa shape index (κ3) is 6.02. The average Bonchev–Trinajstić information content (AvgIpc) is 2.42. The fourth-order valence-electron chi connectivity index (χ4n) is 2.09. The van der Waals surface area contributed by atoms with E-state index >= 15 is 0 Å². The van der Waals surface area contributed by atoms with Crippen molar-refractivity contribution in [3.8, 4) is 0 Å². The second-order valence-electron chi connectivity index (χ2n) is 4.82. The van der Waals surface area contributed by atoms with Crippen LogP contribution in [-0.2, 0) is 6.61 Å². The van der Waals surface area contributed by atoms with Crippen molar-refractivity contribution in [3.05, 3.63) is 41.5 Å². The van der Waals surface area contributed by atoms with Crippen molar-refractivity contribution >= 4 is 6.08 Å². The molecule has 0 amide bonds. The lowest BCUT2D eigenvalue weighted by molar-refractivity contribution is 0.281. The summed E-state index contributed by atoms with van der Waals surface area (Å²) >= 11 is 0. The topological polar surface area (TPSA) is 20.2 Å². The average molecular weight is 246 g/mol. The molecule has 100 valence electrons. The smallest absolute Gasteiger partial charge is 0.0687 e. The molecular weight excluding hydrogens is 220 g/mol. The fraction of sp³-hybridized carbons (Fsp3) is 0.529. The summed E-state index contributed by atoms with van der Waals surface area (Å²) < 4.78 is 0. The summed E-state index contributed by atoms with van der Waals surface area (Å²) in [7, 11) is 0. The van der Waals surface area contributed by atoms with Crippen LogP contribution in [0.1, 0.15) is 63.0 Å². The normalized spacial score (nSPS) is 11.2. The molecule has 1 N–H and O–H groups in total. The van der Waals surface area contributed by atoms with Gasteiger partial charge in [-0.25, -0.2) is 0 Å². The van der Waals surface area contributed by atoms with Crippen LogP contribution in [-0.4, -0.2) is 5.11 Å². The fourth-order valence-corrected chi connectivity index (χ4v) is 2.09. The Labute approximate surface area is 112 Å². The zero-order chi connectivity index (χ0) is 13.1. The van der Waals surface area contributed by atoms with Crippen LogP contribution in [0.5, 0.6) is 0 Å². The van der Waals surface area contributed by atoms with Gasteiger partial charge in [-0.3, -0.25) is 0 Å². The summed E-state index contributed by atoms with van der Waals surface area (Å²) in [5.74, 6) is 0. The molecule has 1 aromatic carbocycles. The van der Waals surface area contributed by atoms with Gasteiger partial charge in [0.1, 0.15) is 0 Å². The molecule has 0 aromatic heterocycles. The Balaban J connectivity index is 2.20. The molecule has 0 saturated carbocycles. The predicted octanol–water partition coefficient (Wildman–Crippen LogP) is 4.94. The van der Waals surface area contributed by atoms with Crippen molar-refractivity contribution in [1.29, 1.82) is 0 Å². The minimum atomic E-state index is 0.123. The summed E-state index contributed by atoms with van der Waals surface area (Å²) in [6.07, 6.45) is 13.6. The zero-order valence-corrected chi connectivity index (χ0v) is 11.6. The van der Waals surface area contributed by atoms with Gasteiger partial charge in [0.25, 0.3) is 0 Å². The highest BCUT2D eigenvalue weighted by molar-refractivity contribution is 5.53. The maximum atomic E-state index is 9.21. The molecule has 0 fully saturated rings. The van der Waals surface area contributed by atoms with Crippen molar-refractivity contribution in [3.63, 3.8) is 0 Å². The molecule has 1 rings (SSSR count). The summed E-state index contributed by atoms with van der Waals surface area (Å²) in [6, 6.07) is 8.02. The molecule has 1 aromatic rings. The van der Waals surface area contributed by atoms with Gasteiger partial charge in [0.05, 0.1) is 6.61 Å². The van der Waals surface area contributed by atoms with Gasteiger partial charge in [0.2, 0.25) is 0 Å². The molecule has 0 aliphatic rings. The molecule has 0 aliphatic heterocycles. The number of unbranched alkanes of at least 4 members (excludes halogenated alkanes) is 6. The highest BCUT2D eigenvalue weighted by atomic mass is 16.3. The van der Waals surface area contributed by atoms with E-state index in [4.69, 9.17) is 0 Å². The van der Waals surface area contributed by atoms with E-state index in [0.29, 0.717) is 0 Å². The van der Waals surface area contributed by atoms with Gasteiger partial charge in [0.15, 0.2) is 0 Å². The molecular formula is C17H26O. The summed E-state index contributed by atoms with van der Waals surface area (Å²) in [4.78, 5) is 0. The first-order valence-electron chi connectivity index (χ1n) is 7.23. The number of rotatable bonds is 9. The first kappa shape index (κ1) is 15.0. The second-order valence-corrected chi connectivity index (χ2v) is 4.82. The molecule has 0 aliphatic carbocycles. The lowest BCUT2D eigenvalue weighted by Gasteiger charge is -2.01. The molecule has 0 radical (unpaired) electrons. The lowest BCUT2D eigenvalue weighted by atomic mass is 10.1. The maximum Gasteiger partial charge on any atom is 0.0687 e. The van der Waals surface area contributed by atoms with E-state index in [1.54, 1.807) is 0 Å². The number of hydrogen-bond acceptors (Lipinski definition) is 1. The third-order valence-electron chi connectivity index (χ3n) is 3.25. The lowest BCUT2D eigenvalue weighted by Crippen LogP contribution is -1.86. The van der Waals surface area contributed by atoms with Crippen LogP contribution in [0, 0.1) is 0 Å². The van der Waals surface area contributed by atoms with Gasteiger partial charge in [-0.05, 0) is 24.0 Å². The number of benzene rings is 1. The first-order valence-corrected chi connectivity index (χ1v) is 7.23. The molecule has 0 heterocycles. The maximum absolute atomic E-state index is 9.21. The van der Waals surface area contributed by atoms with E-state index in [9.17, 15) is 5.11 Å². The molecule has 0 unspecified atom stereocenters. The largest absolute Gasteiger partial charge is 0.392 e. The second kappa shape index (κ2) is 9.90. The Bertz CT molecular complexity index is 341. The van der Waals surface area contributed by atoms with Gasteiger partial charge in [0, 0.05) is 0 Å². The standard InChI is InChI=1S/C17H26O/c1-2-3-4-5-6-7-8-9-12-16-13-10-11-14-17(16)15-18/h9-14,18H,2-8,15H2,1H3. The van der Waals surface area contributed by atoms with Crippen LogP contribution in [0.3, 0.4) is 0 Å². The summed E-state index contributed by atoms with van der Waals surface area (Å²) in [5.41, 5.74) is 2.16. The summed E-state index contributed by atoms with van der Waals surface area (Å²) in [5, 5.41) is 9.21. The zero-order valence-electron chi connectivity index (χ0n) is 11.6. The Morgan fingerprint density at radius 3 is 2.50 bits per heavy atom. The van der Waals surface area contributed by atoms with Gasteiger partial charge >= 0.3 is 0 Å². The van der Waals surface area contributed by atoms with E-state index < -0.39 is 0 Å². The molecule has 0 saturated heterocycles. The first-order chi connectivity index (χ1) is 8.88. The predicted molar refractivity (Wildman–Crippen MR) is 79.4 cm³/mol. The van der Waals surface area contributed by atoms with Gasteiger partial charge < -0.3 is 5.11 Å². The molecule has 0 spiro atoms. The van der Waals surface area contributed by atoms with Gasteiger partial charge in [-0.15, -0.1) is 0 Å². The summed E-state index contributed by atoms with van der Waals surface area (Å²) in [6.45, 7) is 2.37. The number of aliphatic hydroxyl groups excluding tert-OH is 1. The quantitative estimate of drug-likeness (QED) is 0.612. The highest BCUT2D eigenvalue weighted by Crippen LogP contribution is 2.12. The minimum absolute atomic E-state index is 0.123. The van der Waals surface area contributed by atoms with E-state index in [0.717, 1.165) is 17.5 Å². The van der Waals surface area contributed by atoms with E-state index in [-0.39, 0.29) is 6.61 Å². The van der Waals surface area contributed by atoms with Crippen LogP contribution in [0.25, 0.3) is 6.08 Å². The number of hydrogen-bond donors (Lipinski definition) is 1.